The molecule has 0 aliphatic heterocycles. The number of nitrogens with one attached hydrogen (secondary N) is 1. The van der Waals surface area contributed by atoms with Crippen LogP contribution in [0.15, 0.2) is 0 Å². The minimum Gasteiger partial charge on any atom is -0.389 e. The van der Waals surface area contributed by atoms with E-state index in [0.717, 1.165) is 6.42 Å². The molecule has 0 bridgehead atoms. The molecule has 2 N–H and O–H groups in total. The predicted octanol–water partition coefficient (Wildman–Crippen LogP) is 0.760. The summed E-state index contributed by atoms with van der Waals surface area (Å²) in [5.74, 6) is 5.65. The average molecular weight is 155 g/mol. The van der Waals surface area contributed by atoms with Crippen LogP contribution in [0.5, 0.6) is 0 Å². The van der Waals surface area contributed by atoms with Gasteiger partial charge in [0.05, 0.1) is 12.1 Å². The molecule has 0 aromatic heterocycles. The Labute approximate surface area is 69.0 Å². The third kappa shape index (κ3) is 5.90. The summed E-state index contributed by atoms with van der Waals surface area (Å²) in [5.41, 5.74) is -0.588. The summed E-state index contributed by atoms with van der Waals surface area (Å²) in [6.45, 7) is 6.86. The van der Waals surface area contributed by atoms with Crippen LogP contribution in [0.3, 0.4) is 0 Å². The summed E-state index contributed by atoms with van der Waals surface area (Å²) < 4.78 is 0. The van der Waals surface area contributed by atoms with E-state index in [0.29, 0.717) is 13.1 Å². The summed E-state index contributed by atoms with van der Waals surface area (Å²) in [4.78, 5) is 0. The van der Waals surface area contributed by atoms with E-state index in [9.17, 15) is 5.11 Å². The molecule has 0 fully saturated rings. The van der Waals surface area contributed by atoms with Crippen molar-refractivity contribution in [2.45, 2.75) is 32.8 Å². The highest BCUT2D eigenvalue weighted by molar-refractivity contribution is 4.97. The van der Waals surface area contributed by atoms with Crippen molar-refractivity contribution in [2.75, 3.05) is 13.1 Å². The lowest BCUT2D eigenvalue weighted by Crippen LogP contribution is -2.37. The van der Waals surface area contributed by atoms with Crippen LogP contribution in [-0.2, 0) is 0 Å². The van der Waals surface area contributed by atoms with Crippen LogP contribution in [0.1, 0.15) is 27.2 Å². The highest BCUT2D eigenvalue weighted by Gasteiger charge is 2.15. The fraction of sp³-hybridized carbons (Fsp3) is 0.778. The third-order valence-electron chi connectivity index (χ3n) is 1.66. The van der Waals surface area contributed by atoms with Crippen LogP contribution >= 0.6 is 0 Å². The summed E-state index contributed by atoms with van der Waals surface area (Å²) in [6, 6.07) is 0. The van der Waals surface area contributed by atoms with Gasteiger partial charge in [-0.2, -0.15) is 0 Å². The molecule has 0 saturated carbocycles. The normalized spacial score (nSPS) is 14.9. The topological polar surface area (TPSA) is 32.3 Å². The Bertz CT molecular complexity index is 153. The Kier molecular flexibility index (Phi) is 4.93. The molecule has 0 saturated heterocycles. The van der Waals surface area contributed by atoms with Crippen molar-refractivity contribution in [1.82, 2.24) is 5.32 Å². The molecule has 0 radical (unpaired) electrons. The third-order valence-corrected chi connectivity index (χ3v) is 1.66. The first-order valence-electron chi connectivity index (χ1n) is 3.95. The lowest BCUT2D eigenvalue weighted by molar-refractivity contribution is 0.0570. The van der Waals surface area contributed by atoms with E-state index < -0.39 is 5.60 Å². The lowest BCUT2D eigenvalue weighted by atomic mass is 10.0. The SMILES string of the molecule is CC#CCNCC(C)(O)CC. The summed E-state index contributed by atoms with van der Waals surface area (Å²) in [6.07, 6.45) is 0.763. The molecule has 0 aliphatic carbocycles. The van der Waals surface area contributed by atoms with Crippen molar-refractivity contribution in [3.05, 3.63) is 0 Å². The van der Waals surface area contributed by atoms with Crippen molar-refractivity contribution in [2.24, 2.45) is 0 Å². The molecule has 0 aliphatic rings. The second-order valence-corrected chi connectivity index (χ2v) is 2.88. The van der Waals surface area contributed by atoms with Gasteiger partial charge >= 0.3 is 0 Å². The maximum atomic E-state index is 9.51. The van der Waals surface area contributed by atoms with Crippen molar-refractivity contribution in [3.63, 3.8) is 0 Å². The van der Waals surface area contributed by atoms with Gasteiger partial charge in [-0.3, -0.25) is 0 Å². The van der Waals surface area contributed by atoms with Crippen LogP contribution < -0.4 is 5.32 Å². The minimum atomic E-state index is -0.588. The highest BCUT2D eigenvalue weighted by atomic mass is 16.3. The molecule has 11 heavy (non-hydrogen) atoms. The number of hydrogen-bond acceptors (Lipinski definition) is 2. The van der Waals surface area contributed by atoms with Crippen LogP contribution in [0.25, 0.3) is 0 Å². The van der Waals surface area contributed by atoms with Gasteiger partial charge in [-0.05, 0) is 20.3 Å². The van der Waals surface area contributed by atoms with Crippen molar-refractivity contribution in [3.8, 4) is 11.8 Å². The van der Waals surface area contributed by atoms with Crippen LogP contribution in [0.2, 0.25) is 0 Å². The van der Waals surface area contributed by atoms with E-state index >= 15 is 0 Å². The zero-order valence-electron chi connectivity index (χ0n) is 7.57. The Balaban J connectivity index is 3.42. The largest absolute Gasteiger partial charge is 0.389 e. The maximum Gasteiger partial charge on any atom is 0.0741 e. The number of hydrogen-bond donors (Lipinski definition) is 2. The fourth-order valence-electron chi connectivity index (χ4n) is 0.608. The van der Waals surface area contributed by atoms with Gasteiger partial charge < -0.3 is 10.4 Å². The standard InChI is InChI=1S/C9H17NO/c1-4-6-7-10-8-9(3,11)5-2/h10-11H,5,7-8H2,1-3H3. The monoisotopic (exact) mass is 155 g/mol. The molecule has 0 rings (SSSR count). The van der Waals surface area contributed by atoms with Gasteiger partial charge in [0.25, 0.3) is 0 Å². The first-order chi connectivity index (χ1) is 5.12. The lowest BCUT2D eigenvalue weighted by Gasteiger charge is -2.20. The maximum absolute atomic E-state index is 9.51. The van der Waals surface area contributed by atoms with Gasteiger partial charge in [0.1, 0.15) is 0 Å². The van der Waals surface area contributed by atoms with Gasteiger partial charge in [-0.1, -0.05) is 12.8 Å². The van der Waals surface area contributed by atoms with E-state index in [4.69, 9.17) is 0 Å². The summed E-state index contributed by atoms with van der Waals surface area (Å²) in [5, 5.41) is 12.6. The first kappa shape index (κ1) is 10.5. The second-order valence-electron chi connectivity index (χ2n) is 2.88. The van der Waals surface area contributed by atoms with Crippen molar-refractivity contribution < 1.29 is 5.11 Å². The zero-order valence-corrected chi connectivity index (χ0v) is 7.57. The minimum absolute atomic E-state index is 0.588. The zero-order chi connectivity index (χ0) is 8.74. The molecular formula is C9H17NO. The molecule has 1 unspecified atom stereocenters. The smallest absolute Gasteiger partial charge is 0.0741 e. The molecule has 2 heteroatoms. The summed E-state index contributed by atoms with van der Waals surface area (Å²) in [7, 11) is 0. The molecule has 0 amide bonds. The Morgan fingerprint density at radius 3 is 2.64 bits per heavy atom. The molecule has 2 nitrogen and oxygen atoms in total. The molecular weight excluding hydrogens is 138 g/mol. The highest BCUT2D eigenvalue weighted by Crippen LogP contribution is 2.05. The quantitative estimate of drug-likeness (QED) is 0.464. The molecule has 64 valence electrons. The fourth-order valence-corrected chi connectivity index (χ4v) is 0.608. The molecule has 0 heterocycles. The van der Waals surface area contributed by atoms with E-state index in [1.54, 1.807) is 6.92 Å². The van der Waals surface area contributed by atoms with Crippen molar-refractivity contribution >= 4 is 0 Å². The van der Waals surface area contributed by atoms with Gasteiger partial charge in [0.15, 0.2) is 0 Å². The molecule has 0 aromatic carbocycles. The molecule has 0 aromatic rings. The van der Waals surface area contributed by atoms with E-state index in [1.165, 1.54) is 0 Å². The average Bonchev–Trinajstić information content (AvgIpc) is 1.99. The van der Waals surface area contributed by atoms with E-state index in [-0.39, 0.29) is 0 Å². The van der Waals surface area contributed by atoms with Gasteiger partial charge in [0, 0.05) is 6.54 Å². The Morgan fingerprint density at radius 2 is 2.18 bits per heavy atom. The van der Waals surface area contributed by atoms with Crippen LogP contribution in [0.4, 0.5) is 0 Å². The van der Waals surface area contributed by atoms with Gasteiger partial charge in [-0.15, -0.1) is 5.92 Å². The molecule has 0 spiro atoms. The number of rotatable bonds is 4. The van der Waals surface area contributed by atoms with Gasteiger partial charge in [0.2, 0.25) is 0 Å². The summed E-state index contributed by atoms with van der Waals surface area (Å²) >= 11 is 0. The van der Waals surface area contributed by atoms with Gasteiger partial charge in [-0.25, -0.2) is 0 Å². The first-order valence-corrected chi connectivity index (χ1v) is 3.95. The predicted molar refractivity (Wildman–Crippen MR) is 47.2 cm³/mol. The second kappa shape index (κ2) is 5.17. The Morgan fingerprint density at radius 1 is 1.55 bits per heavy atom. The molecule has 1 atom stereocenters. The number of aliphatic hydroxyl groups is 1. The van der Waals surface area contributed by atoms with Crippen LogP contribution in [0, 0.1) is 11.8 Å². The Hall–Kier alpha value is -0.520. The van der Waals surface area contributed by atoms with E-state index in [1.807, 2.05) is 13.8 Å². The van der Waals surface area contributed by atoms with E-state index in [2.05, 4.69) is 17.2 Å². The van der Waals surface area contributed by atoms with Crippen LogP contribution in [-0.4, -0.2) is 23.8 Å². The van der Waals surface area contributed by atoms with Crippen molar-refractivity contribution in [1.29, 1.82) is 0 Å².